The predicted octanol–water partition coefficient (Wildman–Crippen LogP) is 1.91. The van der Waals surface area contributed by atoms with E-state index in [1.807, 2.05) is 6.92 Å². The van der Waals surface area contributed by atoms with Gasteiger partial charge in [-0.2, -0.15) is 0 Å². The molecular formula is C7H15N. The Balaban J connectivity index is 3.12. The van der Waals surface area contributed by atoms with E-state index in [2.05, 4.69) is 25.2 Å². The Hall–Kier alpha value is -0.460. The minimum Gasteiger partial charge on any atom is -0.389 e. The van der Waals surface area contributed by atoms with Crippen LogP contribution in [-0.2, 0) is 0 Å². The Morgan fingerprint density at radius 1 is 1.62 bits per heavy atom. The Labute approximate surface area is 51.8 Å². The molecule has 0 radical (unpaired) electrons. The van der Waals surface area contributed by atoms with E-state index in [1.54, 1.807) is 0 Å². The van der Waals surface area contributed by atoms with Gasteiger partial charge in [-0.05, 0) is 20.3 Å². The first kappa shape index (κ1) is 7.54. The summed E-state index contributed by atoms with van der Waals surface area (Å²) in [5.41, 5.74) is 1.27. The fraction of sp³-hybridized carbons (Fsp3) is 0.714. The lowest BCUT2D eigenvalue weighted by molar-refractivity contribution is 0.768. The zero-order chi connectivity index (χ0) is 6.41. The molecule has 0 aliphatic heterocycles. The minimum absolute atomic E-state index is 1.09. The third-order valence-corrected chi connectivity index (χ3v) is 1.09. The normalized spacial score (nSPS) is 11.6. The molecule has 1 heteroatoms. The van der Waals surface area contributed by atoms with Gasteiger partial charge in [0.1, 0.15) is 0 Å². The van der Waals surface area contributed by atoms with Crippen molar-refractivity contribution >= 4 is 0 Å². The van der Waals surface area contributed by atoms with E-state index in [0.29, 0.717) is 0 Å². The van der Waals surface area contributed by atoms with Crippen molar-refractivity contribution in [3.05, 3.63) is 11.8 Å². The molecular weight excluding hydrogens is 98.1 g/mol. The molecule has 0 rings (SSSR count). The lowest BCUT2D eigenvalue weighted by atomic mass is 10.4. The average Bonchev–Trinajstić information content (AvgIpc) is 1.83. The van der Waals surface area contributed by atoms with Crippen LogP contribution in [0.4, 0.5) is 0 Å². The van der Waals surface area contributed by atoms with Crippen molar-refractivity contribution in [2.45, 2.75) is 27.2 Å². The maximum absolute atomic E-state index is 3.24. The highest BCUT2D eigenvalue weighted by molar-refractivity contribution is 4.91. The molecule has 0 heterocycles. The van der Waals surface area contributed by atoms with Gasteiger partial charge >= 0.3 is 0 Å². The van der Waals surface area contributed by atoms with Gasteiger partial charge in [-0.3, -0.25) is 0 Å². The molecule has 0 unspecified atom stereocenters. The van der Waals surface area contributed by atoms with Crippen LogP contribution >= 0.6 is 0 Å². The van der Waals surface area contributed by atoms with E-state index in [9.17, 15) is 0 Å². The first-order valence-electron chi connectivity index (χ1n) is 3.18. The molecule has 1 nitrogen and oxygen atoms in total. The molecule has 48 valence electrons. The van der Waals surface area contributed by atoms with Gasteiger partial charge in [-0.15, -0.1) is 0 Å². The van der Waals surface area contributed by atoms with E-state index in [0.717, 1.165) is 6.54 Å². The second-order valence-electron chi connectivity index (χ2n) is 1.90. The van der Waals surface area contributed by atoms with Crippen molar-refractivity contribution in [1.82, 2.24) is 5.32 Å². The summed E-state index contributed by atoms with van der Waals surface area (Å²) in [6.07, 6.45) is 3.28. The first-order valence-corrected chi connectivity index (χ1v) is 3.18. The van der Waals surface area contributed by atoms with Gasteiger partial charge in [0, 0.05) is 12.2 Å². The number of allylic oxidation sites excluding steroid dienone is 2. The molecule has 0 aromatic heterocycles. The first-order chi connectivity index (χ1) is 3.81. The van der Waals surface area contributed by atoms with Crippen LogP contribution in [0.2, 0.25) is 0 Å². The van der Waals surface area contributed by atoms with Crippen molar-refractivity contribution in [3.8, 4) is 0 Å². The summed E-state index contributed by atoms with van der Waals surface area (Å²) in [5, 5.41) is 3.24. The Morgan fingerprint density at radius 3 is 2.62 bits per heavy atom. The van der Waals surface area contributed by atoms with Crippen LogP contribution in [0.15, 0.2) is 11.8 Å². The van der Waals surface area contributed by atoms with Crippen LogP contribution in [0.5, 0.6) is 0 Å². The fourth-order valence-corrected chi connectivity index (χ4v) is 0.424. The summed E-state index contributed by atoms with van der Waals surface area (Å²) >= 11 is 0. The molecule has 0 saturated heterocycles. The van der Waals surface area contributed by atoms with E-state index in [4.69, 9.17) is 0 Å². The number of hydrogen-bond donors (Lipinski definition) is 1. The van der Waals surface area contributed by atoms with Crippen LogP contribution in [0.3, 0.4) is 0 Å². The zero-order valence-corrected chi connectivity index (χ0v) is 5.99. The molecule has 8 heavy (non-hydrogen) atoms. The summed E-state index contributed by atoms with van der Waals surface area (Å²) in [6, 6.07) is 0. The van der Waals surface area contributed by atoms with Gasteiger partial charge in [0.05, 0.1) is 0 Å². The molecule has 0 fully saturated rings. The molecule has 0 aromatic carbocycles. The van der Waals surface area contributed by atoms with Gasteiger partial charge in [-0.1, -0.05) is 13.0 Å². The third-order valence-electron chi connectivity index (χ3n) is 1.09. The zero-order valence-electron chi connectivity index (χ0n) is 5.99. The van der Waals surface area contributed by atoms with E-state index in [-0.39, 0.29) is 0 Å². The summed E-state index contributed by atoms with van der Waals surface area (Å²) in [4.78, 5) is 0. The maximum atomic E-state index is 3.24. The number of hydrogen-bond acceptors (Lipinski definition) is 1. The maximum Gasteiger partial charge on any atom is 0.0141 e. The molecule has 0 aromatic rings. The van der Waals surface area contributed by atoms with E-state index in [1.165, 1.54) is 12.1 Å². The number of nitrogens with one attached hydrogen (secondary N) is 1. The smallest absolute Gasteiger partial charge is 0.0141 e. The molecule has 1 N–H and O–H groups in total. The van der Waals surface area contributed by atoms with Crippen molar-refractivity contribution < 1.29 is 0 Å². The number of rotatable bonds is 3. The van der Waals surface area contributed by atoms with Gasteiger partial charge in [0.25, 0.3) is 0 Å². The van der Waals surface area contributed by atoms with E-state index < -0.39 is 0 Å². The third kappa shape index (κ3) is 3.72. The molecule has 0 spiro atoms. The van der Waals surface area contributed by atoms with Gasteiger partial charge < -0.3 is 5.32 Å². The molecule has 0 aliphatic rings. The van der Waals surface area contributed by atoms with Crippen LogP contribution in [-0.4, -0.2) is 6.54 Å². The highest BCUT2D eigenvalue weighted by atomic mass is 14.9. The summed E-state index contributed by atoms with van der Waals surface area (Å²) in [6.45, 7) is 7.37. The predicted molar refractivity (Wildman–Crippen MR) is 37.7 cm³/mol. The molecule has 0 saturated carbocycles. The van der Waals surface area contributed by atoms with Crippen LogP contribution < -0.4 is 5.32 Å². The Morgan fingerprint density at radius 2 is 2.25 bits per heavy atom. The summed E-state index contributed by atoms with van der Waals surface area (Å²) in [5.74, 6) is 0. The molecule has 0 bridgehead atoms. The summed E-state index contributed by atoms with van der Waals surface area (Å²) in [7, 11) is 0. The highest BCUT2D eigenvalue weighted by Gasteiger charge is 1.79. The van der Waals surface area contributed by atoms with Gasteiger partial charge in [0.2, 0.25) is 0 Å². The second kappa shape index (κ2) is 4.69. The topological polar surface area (TPSA) is 12.0 Å². The van der Waals surface area contributed by atoms with Gasteiger partial charge in [0.15, 0.2) is 0 Å². The lowest BCUT2D eigenvalue weighted by Gasteiger charge is -2.01. The van der Waals surface area contributed by atoms with Crippen molar-refractivity contribution in [2.24, 2.45) is 0 Å². The quantitative estimate of drug-likeness (QED) is 0.589. The van der Waals surface area contributed by atoms with Crippen molar-refractivity contribution in [1.29, 1.82) is 0 Å². The van der Waals surface area contributed by atoms with Crippen molar-refractivity contribution in [3.63, 3.8) is 0 Å². The van der Waals surface area contributed by atoms with Crippen LogP contribution in [0, 0.1) is 0 Å². The largest absolute Gasteiger partial charge is 0.389 e. The Kier molecular flexibility index (Phi) is 4.42. The van der Waals surface area contributed by atoms with Crippen molar-refractivity contribution in [2.75, 3.05) is 6.54 Å². The molecule has 0 aliphatic carbocycles. The van der Waals surface area contributed by atoms with Gasteiger partial charge in [-0.25, -0.2) is 0 Å². The fourth-order valence-electron chi connectivity index (χ4n) is 0.424. The monoisotopic (exact) mass is 113 g/mol. The molecule has 0 atom stereocenters. The second-order valence-corrected chi connectivity index (χ2v) is 1.90. The van der Waals surface area contributed by atoms with Crippen LogP contribution in [0.1, 0.15) is 27.2 Å². The highest BCUT2D eigenvalue weighted by Crippen LogP contribution is 1.83. The molecule has 0 amide bonds. The minimum atomic E-state index is 1.09. The SMILES string of the molecule is CC=C(C)NCCC. The van der Waals surface area contributed by atoms with Crippen LogP contribution in [0.25, 0.3) is 0 Å². The van der Waals surface area contributed by atoms with E-state index >= 15 is 0 Å². The summed E-state index contributed by atoms with van der Waals surface area (Å²) < 4.78 is 0. The standard InChI is InChI=1S/C7H15N/c1-4-6-8-7(3)5-2/h5,8H,4,6H2,1-3H3. The average molecular weight is 113 g/mol. The lowest BCUT2D eigenvalue weighted by Crippen LogP contribution is -2.10. The Bertz CT molecular complexity index is 74.5.